The SMILES string of the molecule is O=CC[C@H](O)[C@H](O)CO.O=c1cc[nH]c(=O)n1Br. The van der Waals surface area contributed by atoms with E-state index in [-0.39, 0.29) is 12.0 Å². The molecule has 4 N–H and O–H groups in total. The second-order valence-corrected chi connectivity index (χ2v) is 3.83. The predicted octanol–water partition coefficient (Wildman–Crippen LogP) is -2.02. The summed E-state index contributed by atoms with van der Waals surface area (Å²) >= 11 is 2.74. The van der Waals surface area contributed by atoms with E-state index in [1.807, 2.05) is 0 Å². The number of nitrogens with zero attached hydrogens (tertiary/aromatic N) is 1. The van der Waals surface area contributed by atoms with E-state index in [1.165, 1.54) is 12.3 Å². The zero-order chi connectivity index (χ0) is 14.1. The molecule has 0 amide bonds. The highest BCUT2D eigenvalue weighted by molar-refractivity contribution is 9.08. The summed E-state index contributed by atoms with van der Waals surface area (Å²) in [4.78, 5) is 33.0. The normalized spacial score (nSPS) is 13.1. The van der Waals surface area contributed by atoms with Crippen LogP contribution < -0.4 is 11.2 Å². The minimum Gasteiger partial charge on any atom is -0.394 e. The Labute approximate surface area is 110 Å². The Balaban J connectivity index is 0.000000321. The highest BCUT2D eigenvalue weighted by Crippen LogP contribution is 1.94. The third-order valence-electron chi connectivity index (χ3n) is 1.77. The molecule has 0 saturated heterocycles. The lowest BCUT2D eigenvalue weighted by molar-refractivity contribution is -0.111. The van der Waals surface area contributed by atoms with Crippen LogP contribution in [0.3, 0.4) is 0 Å². The van der Waals surface area contributed by atoms with Crippen molar-refractivity contribution in [1.82, 2.24) is 8.58 Å². The molecular formula is C9H13BrN2O6. The van der Waals surface area contributed by atoms with Gasteiger partial charge in [0, 0.05) is 18.7 Å². The summed E-state index contributed by atoms with van der Waals surface area (Å²) in [6.07, 6.45) is -0.684. The van der Waals surface area contributed by atoms with Crippen LogP contribution in [0.1, 0.15) is 6.42 Å². The summed E-state index contributed by atoms with van der Waals surface area (Å²) in [5.74, 6) is 0. The first-order chi connectivity index (χ1) is 8.43. The van der Waals surface area contributed by atoms with Crippen LogP contribution >= 0.6 is 16.1 Å². The van der Waals surface area contributed by atoms with Gasteiger partial charge in [-0.2, -0.15) is 3.59 Å². The van der Waals surface area contributed by atoms with Crippen molar-refractivity contribution in [2.75, 3.05) is 6.61 Å². The number of carbonyl (C=O) groups is 1. The number of halogens is 1. The minimum absolute atomic E-state index is 0.137. The Hall–Kier alpha value is -1.29. The van der Waals surface area contributed by atoms with Crippen LogP contribution in [0.4, 0.5) is 0 Å². The minimum atomic E-state index is -1.20. The zero-order valence-electron chi connectivity index (χ0n) is 9.19. The van der Waals surface area contributed by atoms with Crippen LogP contribution in [0.15, 0.2) is 21.9 Å². The van der Waals surface area contributed by atoms with Gasteiger partial charge in [0.15, 0.2) is 0 Å². The third-order valence-corrected chi connectivity index (χ3v) is 2.45. The summed E-state index contributed by atoms with van der Waals surface area (Å²) in [5, 5.41) is 25.5. The molecule has 0 saturated carbocycles. The number of aliphatic hydroxyl groups is 3. The molecule has 0 radical (unpaired) electrons. The van der Waals surface area contributed by atoms with Crippen molar-refractivity contribution < 1.29 is 20.1 Å². The fourth-order valence-corrected chi connectivity index (χ4v) is 1.00. The van der Waals surface area contributed by atoms with Crippen molar-refractivity contribution in [3.63, 3.8) is 0 Å². The number of aromatic amines is 1. The molecule has 1 heterocycles. The average Bonchev–Trinajstić information content (AvgIpc) is 2.36. The number of nitrogens with one attached hydrogen (secondary N) is 1. The van der Waals surface area contributed by atoms with E-state index in [0.717, 1.165) is 3.59 Å². The molecule has 1 rings (SSSR count). The Morgan fingerprint density at radius 2 is 2.00 bits per heavy atom. The van der Waals surface area contributed by atoms with Gasteiger partial charge in [0.1, 0.15) is 12.4 Å². The molecule has 0 fully saturated rings. The molecule has 1 aromatic rings. The van der Waals surface area contributed by atoms with E-state index in [9.17, 15) is 14.4 Å². The maximum absolute atomic E-state index is 10.5. The fraction of sp³-hybridized carbons (Fsp3) is 0.444. The topological polar surface area (TPSA) is 133 Å². The molecule has 0 spiro atoms. The molecular weight excluding hydrogens is 312 g/mol. The first-order valence-electron chi connectivity index (χ1n) is 4.81. The summed E-state index contributed by atoms with van der Waals surface area (Å²) in [7, 11) is 0. The van der Waals surface area contributed by atoms with E-state index >= 15 is 0 Å². The Morgan fingerprint density at radius 3 is 2.39 bits per heavy atom. The highest BCUT2D eigenvalue weighted by Gasteiger charge is 2.13. The van der Waals surface area contributed by atoms with Crippen molar-refractivity contribution in [3.05, 3.63) is 33.1 Å². The number of hydrogen-bond acceptors (Lipinski definition) is 6. The summed E-state index contributed by atoms with van der Waals surface area (Å²) in [5.41, 5.74) is -0.846. The third kappa shape index (κ3) is 5.87. The Kier molecular flexibility index (Phi) is 8.12. The number of aldehydes is 1. The number of carbonyl (C=O) groups excluding carboxylic acids is 1. The highest BCUT2D eigenvalue weighted by atomic mass is 79.9. The summed E-state index contributed by atoms with van der Waals surface area (Å²) < 4.78 is 0.812. The largest absolute Gasteiger partial charge is 0.394 e. The maximum Gasteiger partial charge on any atom is 0.338 e. The van der Waals surface area contributed by atoms with Gasteiger partial charge in [-0.3, -0.25) is 4.79 Å². The van der Waals surface area contributed by atoms with Crippen molar-refractivity contribution in [2.24, 2.45) is 0 Å². The van der Waals surface area contributed by atoms with Crippen LogP contribution in [0.2, 0.25) is 0 Å². The molecule has 8 nitrogen and oxygen atoms in total. The van der Waals surface area contributed by atoms with Gasteiger partial charge in [-0.05, 0) is 0 Å². The molecule has 0 aliphatic carbocycles. The molecule has 1 aromatic heterocycles. The lowest BCUT2D eigenvalue weighted by Gasteiger charge is -2.11. The molecule has 0 aromatic carbocycles. The summed E-state index contributed by atoms with van der Waals surface area (Å²) in [6, 6.07) is 1.25. The molecule has 0 aliphatic heterocycles. The molecule has 102 valence electrons. The summed E-state index contributed by atoms with van der Waals surface area (Å²) in [6.45, 7) is -0.519. The Bertz CT molecular complexity index is 442. The first kappa shape index (κ1) is 16.7. The van der Waals surface area contributed by atoms with Gasteiger partial charge in [-0.25, -0.2) is 4.79 Å². The van der Waals surface area contributed by atoms with E-state index in [1.54, 1.807) is 0 Å². The van der Waals surface area contributed by atoms with Crippen molar-refractivity contribution >= 4 is 22.4 Å². The van der Waals surface area contributed by atoms with E-state index in [4.69, 9.17) is 15.3 Å². The van der Waals surface area contributed by atoms with Crippen LogP contribution in [0, 0.1) is 0 Å². The lowest BCUT2D eigenvalue weighted by atomic mass is 10.2. The van der Waals surface area contributed by atoms with Crippen molar-refractivity contribution in [3.8, 4) is 0 Å². The van der Waals surface area contributed by atoms with Crippen LogP contribution in [-0.2, 0) is 4.79 Å². The lowest BCUT2D eigenvalue weighted by Crippen LogP contribution is -2.29. The van der Waals surface area contributed by atoms with Gasteiger partial charge >= 0.3 is 5.69 Å². The van der Waals surface area contributed by atoms with Crippen molar-refractivity contribution in [1.29, 1.82) is 0 Å². The van der Waals surface area contributed by atoms with Gasteiger partial charge in [-0.15, -0.1) is 0 Å². The van der Waals surface area contributed by atoms with Crippen LogP contribution in [-0.4, -0.2) is 49.0 Å². The quantitative estimate of drug-likeness (QED) is 0.473. The standard InChI is InChI=1S/C5H10O4.C4H3BrN2O2/c6-2-1-4(8)5(9)3-7;5-7-3(8)1-2-6-4(7)9/h2,4-5,7-9H,1,3H2;1-2H,(H,6,9)/t4-,5+;/m0./s1. The van der Waals surface area contributed by atoms with Gasteiger partial charge < -0.3 is 25.1 Å². The number of aliphatic hydroxyl groups excluding tert-OH is 3. The molecule has 9 heteroatoms. The number of hydrogen-bond donors (Lipinski definition) is 4. The van der Waals surface area contributed by atoms with Crippen LogP contribution in [0.25, 0.3) is 0 Å². The van der Waals surface area contributed by atoms with Gasteiger partial charge in [0.25, 0.3) is 5.56 Å². The number of rotatable bonds is 4. The molecule has 0 aliphatic rings. The zero-order valence-corrected chi connectivity index (χ0v) is 10.8. The van der Waals surface area contributed by atoms with Gasteiger partial charge in [0.05, 0.1) is 28.9 Å². The molecule has 0 unspecified atom stereocenters. The van der Waals surface area contributed by atoms with E-state index < -0.39 is 24.5 Å². The van der Waals surface area contributed by atoms with Crippen LogP contribution in [0.5, 0.6) is 0 Å². The smallest absolute Gasteiger partial charge is 0.338 e. The number of H-pyrrole nitrogens is 1. The van der Waals surface area contributed by atoms with E-state index in [0.29, 0.717) is 6.29 Å². The molecule has 0 bridgehead atoms. The van der Waals surface area contributed by atoms with Crippen molar-refractivity contribution in [2.45, 2.75) is 18.6 Å². The number of aromatic nitrogens is 2. The Morgan fingerprint density at radius 1 is 1.39 bits per heavy atom. The fourth-order valence-electron chi connectivity index (χ4n) is 0.784. The maximum atomic E-state index is 10.5. The molecule has 18 heavy (non-hydrogen) atoms. The van der Waals surface area contributed by atoms with Gasteiger partial charge in [0.2, 0.25) is 0 Å². The second kappa shape index (κ2) is 8.75. The van der Waals surface area contributed by atoms with Gasteiger partial charge in [-0.1, -0.05) is 0 Å². The first-order valence-corrected chi connectivity index (χ1v) is 5.52. The second-order valence-electron chi connectivity index (χ2n) is 3.12. The monoisotopic (exact) mass is 324 g/mol. The average molecular weight is 325 g/mol. The van der Waals surface area contributed by atoms with E-state index in [2.05, 4.69) is 21.1 Å². The predicted molar refractivity (Wildman–Crippen MR) is 65.4 cm³/mol. The molecule has 2 atom stereocenters.